The summed E-state index contributed by atoms with van der Waals surface area (Å²) >= 11 is 0. The van der Waals surface area contributed by atoms with Gasteiger partial charge in [0.1, 0.15) is 12.4 Å². The Hall–Kier alpha value is -3.46. The molecule has 224 valence electrons. The number of rotatable bonds is 12. The van der Waals surface area contributed by atoms with Gasteiger partial charge in [-0.3, -0.25) is 4.98 Å². The molecular formula is C31H43N9O2. The van der Waals surface area contributed by atoms with Crippen molar-refractivity contribution >= 4 is 5.82 Å². The molecule has 1 atom stereocenters. The maximum Gasteiger partial charge on any atom is 0.200 e. The van der Waals surface area contributed by atoms with Crippen molar-refractivity contribution < 1.29 is 9.47 Å². The Morgan fingerprint density at radius 2 is 2.02 bits per heavy atom. The van der Waals surface area contributed by atoms with Crippen molar-refractivity contribution in [3.8, 4) is 17.3 Å². The van der Waals surface area contributed by atoms with E-state index in [9.17, 15) is 5.26 Å². The molecule has 42 heavy (non-hydrogen) atoms. The van der Waals surface area contributed by atoms with Gasteiger partial charge in [0.05, 0.1) is 30.8 Å². The molecule has 1 aliphatic heterocycles. The van der Waals surface area contributed by atoms with E-state index in [2.05, 4.69) is 58.1 Å². The number of nitriles is 1. The van der Waals surface area contributed by atoms with Gasteiger partial charge in [-0.15, -0.1) is 10.2 Å². The highest BCUT2D eigenvalue weighted by atomic mass is 16.5. The summed E-state index contributed by atoms with van der Waals surface area (Å²) in [6.45, 7) is 7.10. The minimum Gasteiger partial charge on any atom is -0.381 e. The molecule has 2 N–H and O–H groups in total. The van der Waals surface area contributed by atoms with Gasteiger partial charge >= 0.3 is 0 Å². The van der Waals surface area contributed by atoms with Crippen molar-refractivity contribution in [3.05, 3.63) is 47.5 Å². The van der Waals surface area contributed by atoms with Crippen LogP contribution in [0.5, 0.6) is 0 Å². The van der Waals surface area contributed by atoms with Crippen LogP contribution in [-0.2, 0) is 29.5 Å². The Bertz CT molecular complexity index is 1340. The van der Waals surface area contributed by atoms with E-state index in [1.54, 1.807) is 7.05 Å². The molecule has 0 aromatic carbocycles. The zero-order valence-electron chi connectivity index (χ0n) is 25.1. The molecule has 4 heterocycles. The molecule has 0 amide bonds. The molecule has 0 radical (unpaired) electrons. The molecule has 0 unspecified atom stereocenters. The smallest absolute Gasteiger partial charge is 0.200 e. The van der Waals surface area contributed by atoms with Crippen LogP contribution in [0.3, 0.4) is 0 Å². The van der Waals surface area contributed by atoms with Gasteiger partial charge in [-0.25, -0.2) is 4.98 Å². The zero-order chi connectivity index (χ0) is 29.4. The summed E-state index contributed by atoms with van der Waals surface area (Å²) in [6, 6.07) is 11.6. The predicted octanol–water partition coefficient (Wildman–Crippen LogP) is 4.00. The van der Waals surface area contributed by atoms with Gasteiger partial charge in [0.15, 0.2) is 5.82 Å². The van der Waals surface area contributed by atoms with Crippen LogP contribution in [0.2, 0.25) is 0 Å². The molecule has 1 saturated carbocycles. The summed E-state index contributed by atoms with van der Waals surface area (Å²) in [5.41, 5.74) is 3.88. The number of aryl methyl sites for hydroxylation is 2. The first kappa shape index (κ1) is 30.0. The average molecular weight is 574 g/mol. The zero-order valence-corrected chi connectivity index (χ0v) is 25.1. The van der Waals surface area contributed by atoms with Gasteiger partial charge in [-0.1, -0.05) is 6.07 Å². The third-order valence-electron chi connectivity index (χ3n) is 8.49. The highest BCUT2D eigenvalue weighted by Gasteiger charge is 2.32. The van der Waals surface area contributed by atoms with Crippen LogP contribution >= 0.6 is 0 Å². The Labute approximate surface area is 248 Å². The highest BCUT2D eigenvalue weighted by Crippen LogP contribution is 2.31. The molecule has 11 nitrogen and oxygen atoms in total. The SMILES string of the molecule is Cc1cnc(CC2CCC(N[C@@H](C)COCc3nnn(C)n3)CC2)cc1-c1cccc(NCC2(C#N)CCOCC2)n1. The maximum absolute atomic E-state index is 9.79. The molecule has 2 aliphatic rings. The number of ether oxygens (including phenoxy) is 2. The highest BCUT2D eigenvalue weighted by molar-refractivity contribution is 5.65. The lowest BCUT2D eigenvalue weighted by Crippen LogP contribution is -2.41. The lowest BCUT2D eigenvalue weighted by atomic mass is 9.82. The van der Waals surface area contributed by atoms with Crippen LogP contribution in [0.4, 0.5) is 5.82 Å². The van der Waals surface area contributed by atoms with Gasteiger partial charge < -0.3 is 20.1 Å². The minimum atomic E-state index is -0.397. The number of hydrogen-bond donors (Lipinski definition) is 2. The molecular weight excluding hydrogens is 530 g/mol. The maximum atomic E-state index is 9.79. The fraction of sp³-hybridized carbons (Fsp3) is 0.613. The van der Waals surface area contributed by atoms with Crippen molar-refractivity contribution in [1.29, 1.82) is 5.26 Å². The predicted molar refractivity (Wildman–Crippen MR) is 159 cm³/mol. The van der Waals surface area contributed by atoms with Crippen molar-refractivity contribution in [2.75, 3.05) is 31.7 Å². The summed E-state index contributed by atoms with van der Waals surface area (Å²) < 4.78 is 11.2. The quantitative estimate of drug-likeness (QED) is 0.327. The van der Waals surface area contributed by atoms with E-state index in [0.29, 0.717) is 50.8 Å². The topological polar surface area (TPSA) is 136 Å². The Morgan fingerprint density at radius 3 is 2.76 bits per heavy atom. The summed E-state index contributed by atoms with van der Waals surface area (Å²) in [5, 5.41) is 28.9. The first-order valence-electron chi connectivity index (χ1n) is 15.1. The van der Waals surface area contributed by atoms with E-state index in [-0.39, 0.29) is 6.04 Å². The third-order valence-corrected chi connectivity index (χ3v) is 8.49. The normalized spacial score (nSPS) is 21.0. The second-order valence-electron chi connectivity index (χ2n) is 12.0. The largest absolute Gasteiger partial charge is 0.381 e. The summed E-state index contributed by atoms with van der Waals surface area (Å²) in [7, 11) is 1.75. The van der Waals surface area contributed by atoms with Crippen LogP contribution < -0.4 is 10.6 Å². The van der Waals surface area contributed by atoms with Crippen LogP contribution in [0.15, 0.2) is 30.5 Å². The number of anilines is 1. The van der Waals surface area contributed by atoms with Crippen LogP contribution in [0, 0.1) is 29.6 Å². The average Bonchev–Trinajstić information content (AvgIpc) is 3.43. The van der Waals surface area contributed by atoms with Crippen LogP contribution in [0.1, 0.15) is 62.5 Å². The molecule has 1 saturated heterocycles. The van der Waals surface area contributed by atoms with Gasteiger partial charge in [-0.2, -0.15) is 10.1 Å². The first-order valence-corrected chi connectivity index (χ1v) is 15.1. The molecule has 1 aliphatic carbocycles. The van der Waals surface area contributed by atoms with Crippen molar-refractivity contribution in [3.63, 3.8) is 0 Å². The van der Waals surface area contributed by atoms with Gasteiger partial charge in [0.2, 0.25) is 0 Å². The summed E-state index contributed by atoms with van der Waals surface area (Å²) in [4.78, 5) is 11.1. The fourth-order valence-corrected chi connectivity index (χ4v) is 5.98. The first-order chi connectivity index (χ1) is 20.4. The Balaban J connectivity index is 1.10. The van der Waals surface area contributed by atoms with Crippen LogP contribution in [-0.4, -0.2) is 68.6 Å². The number of pyridine rings is 2. The lowest BCUT2D eigenvalue weighted by molar-refractivity contribution is 0.0455. The third kappa shape index (κ3) is 8.09. The molecule has 0 bridgehead atoms. The van der Waals surface area contributed by atoms with E-state index < -0.39 is 5.41 Å². The van der Waals surface area contributed by atoms with E-state index in [0.717, 1.165) is 60.4 Å². The van der Waals surface area contributed by atoms with E-state index >= 15 is 0 Å². The standard InChI is InChI=1S/C31H43N9O2/c1-22-17-33-26(15-24-7-9-25(10-8-24)35-23(2)18-42-19-30-37-39-40(3)38-30)16-27(22)28-5-4-6-29(36-28)34-21-31(20-32)11-13-41-14-12-31/h4-6,16-17,23-25,35H,7-15,18-19,21H2,1-3H3,(H,34,36)/t23-,24?,25?/m0/s1. The Morgan fingerprint density at radius 1 is 1.21 bits per heavy atom. The second-order valence-corrected chi connectivity index (χ2v) is 12.0. The van der Waals surface area contributed by atoms with E-state index in [4.69, 9.17) is 19.4 Å². The number of nitrogens with zero attached hydrogens (tertiary/aromatic N) is 7. The van der Waals surface area contributed by atoms with Crippen molar-refractivity contribution in [1.82, 2.24) is 35.5 Å². The number of aromatic nitrogens is 6. The number of tetrazole rings is 1. The molecule has 11 heteroatoms. The Kier molecular flexibility index (Phi) is 10.1. The molecule has 3 aromatic heterocycles. The molecule has 2 fully saturated rings. The molecule has 5 rings (SSSR count). The van der Waals surface area contributed by atoms with Gasteiger partial charge in [-0.05, 0) is 93.7 Å². The molecule has 0 spiro atoms. The van der Waals surface area contributed by atoms with Crippen molar-refractivity contribution in [2.45, 2.75) is 77.5 Å². The summed E-state index contributed by atoms with van der Waals surface area (Å²) in [5.74, 6) is 2.03. The lowest BCUT2D eigenvalue weighted by Gasteiger charge is -2.31. The van der Waals surface area contributed by atoms with E-state index in [1.807, 2.05) is 18.3 Å². The number of nitrogens with one attached hydrogen (secondary N) is 2. The second kappa shape index (κ2) is 14.1. The van der Waals surface area contributed by atoms with E-state index in [1.165, 1.54) is 17.6 Å². The number of hydrogen-bond acceptors (Lipinski definition) is 10. The minimum absolute atomic E-state index is 0.268. The van der Waals surface area contributed by atoms with Crippen molar-refractivity contribution in [2.24, 2.45) is 18.4 Å². The van der Waals surface area contributed by atoms with Gasteiger partial charge in [0.25, 0.3) is 0 Å². The van der Waals surface area contributed by atoms with Crippen LogP contribution in [0.25, 0.3) is 11.3 Å². The summed E-state index contributed by atoms with van der Waals surface area (Å²) in [6.07, 6.45) is 9.13. The fourth-order valence-electron chi connectivity index (χ4n) is 5.98. The molecule has 3 aromatic rings. The van der Waals surface area contributed by atoms with Gasteiger partial charge in [0, 0.05) is 49.3 Å². The monoisotopic (exact) mass is 573 g/mol.